The van der Waals surface area contributed by atoms with E-state index in [1.165, 1.54) is 23.9 Å². The number of fused-ring (bicyclic) bond motifs is 1. The molecule has 1 atom stereocenters. The van der Waals surface area contributed by atoms with Crippen molar-refractivity contribution in [1.82, 2.24) is 15.2 Å². The number of pyridine rings is 1. The second-order valence-corrected chi connectivity index (χ2v) is 9.61. The predicted octanol–water partition coefficient (Wildman–Crippen LogP) is 5.33. The Hall–Kier alpha value is -3.60. The molecule has 0 fully saturated rings. The largest absolute Gasteiger partial charge is 0.459 e. The van der Waals surface area contributed by atoms with Gasteiger partial charge in [0.25, 0.3) is 0 Å². The quantitative estimate of drug-likeness (QED) is 0.487. The lowest BCUT2D eigenvalue weighted by molar-refractivity contribution is -0.143. The number of amidine groups is 1. The molecule has 11 heteroatoms. The summed E-state index contributed by atoms with van der Waals surface area (Å²) in [4.78, 5) is 36.2. The van der Waals surface area contributed by atoms with Gasteiger partial charge in [-0.15, -0.1) is 0 Å². The number of amides is 1. The zero-order valence-corrected chi connectivity index (χ0v) is 21.2. The van der Waals surface area contributed by atoms with Gasteiger partial charge in [-0.05, 0) is 61.6 Å². The summed E-state index contributed by atoms with van der Waals surface area (Å²) in [5.41, 5.74) is 1.73. The van der Waals surface area contributed by atoms with Gasteiger partial charge in [-0.3, -0.25) is 9.78 Å². The summed E-state index contributed by atoms with van der Waals surface area (Å²) < 4.78 is 45.1. The highest BCUT2D eigenvalue weighted by molar-refractivity contribution is 8.16. The van der Waals surface area contributed by atoms with Crippen molar-refractivity contribution in [2.45, 2.75) is 52.1 Å². The molecule has 2 aliphatic heterocycles. The maximum Gasteiger partial charge on any atom is 0.416 e. The summed E-state index contributed by atoms with van der Waals surface area (Å²) in [6.45, 7) is 5.40. The molecule has 0 radical (unpaired) electrons. The number of rotatable bonds is 7. The van der Waals surface area contributed by atoms with E-state index in [1.807, 2.05) is 0 Å². The molecule has 7 nitrogen and oxygen atoms in total. The Morgan fingerprint density at radius 3 is 2.43 bits per heavy atom. The number of allylic oxidation sites excluding steroid dienone is 1. The molecule has 194 valence electrons. The predicted molar refractivity (Wildman–Crippen MR) is 134 cm³/mol. The second-order valence-electron chi connectivity index (χ2n) is 8.78. The van der Waals surface area contributed by atoms with Crippen LogP contribution >= 0.6 is 11.8 Å². The highest BCUT2D eigenvalue weighted by atomic mass is 32.2. The molecule has 4 rings (SSSR count). The zero-order valence-electron chi connectivity index (χ0n) is 20.4. The van der Waals surface area contributed by atoms with E-state index in [2.05, 4.69) is 15.3 Å². The number of ether oxygens (including phenoxy) is 1. The van der Waals surface area contributed by atoms with Crippen molar-refractivity contribution in [3.63, 3.8) is 0 Å². The van der Waals surface area contributed by atoms with E-state index in [-0.39, 0.29) is 17.9 Å². The van der Waals surface area contributed by atoms with Gasteiger partial charge >= 0.3 is 12.1 Å². The van der Waals surface area contributed by atoms with Crippen LogP contribution in [0.15, 0.2) is 76.2 Å². The molecule has 1 amide bonds. The summed E-state index contributed by atoms with van der Waals surface area (Å²) >= 11 is 1.29. The molecule has 0 bridgehead atoms. The number of carbonyl (C=O) groups excluding carboxylic acids is 2. The standard InChI is InChI=1S/C26H25F3N4O3S/c1-15(2)36-24(35)22-16(3)32-25-33(23(22)18-4-6-19(7-5-18)26(27,28)29)20(14-37-25)12-21(34)31-13-17-8-10-30-11-9-17/h4-11,14-15,23H,12-13H2,1-3H3,(H,31,34). The van der Waals surface area contributed by atoms with E-state index in [4.69, 9.17) is 4.74 Å². The molecule has 0 spiro atoms. The number of benzene rings is 1. The van der Waals surface area contributed by atoms with Crippen molar-refractivity contribution in [3.8, 4) is 0 Å². The normalized spacial score (nSPS) is 17.4. The van der Waals surface area contributed by atoms with Crippen LogP contribution in [0.2, 0.25) is 0 Å². The van der Waals surface area contributed by atoms with Crippen molar-refractivity contribution in [3.05, 3.63) is 87.9 Å². The molecule has 2 aliphatic rings. The summed E-state index contributed by atoms with van der Waals surface area (Å²) in [6.07, 6.45) is -1.65. The van der Waals surface area contributed by atoms with Crippen molar-refractivity contribution < 1.29 is 27.5 Å². The monoisotopic (exact) mass is 530 g/mol. The van der Waals surface area contributed by atoms with Gasteiger partial charge in [-0.1, -0.05) is 23.9 Å². The molecule has 0 saturated carbocycles. The van der Waals surface area contributed by atoms with Gasteiger partial charge < -0.3 is 15.0 Å². The Kier molecular flexibility index (Phi) is 7.72. The van der Waals surface area contributed by atoms with Crippen LogP contribution in [-0.4, -0.2) is 33.0 Å². The highest BCUT2D eigenvalue weighted by Crippen LogP contribution is 2.45. The van der Waals surface area contributed by atoms with Gasteiger partial charge in [0.15, 0.2) is 5.17 Å². The van der Waals surface area contributed by atoms with E-state index in [1.54, 1.807) is 55.6 Å². The first-order valence-corrected chi connectivity index (χ1v) is 12.4. The lowest BCUT2D eigenvalue weighted by atomic mass is 9.93. The van der Waals surface area contributed by atoms with Gasteiger partial charge in [0.2, 0.25) is 5.91 Å². The smallest absolute Gasteiger partial charge is 0.416 e. The average molecular weight is 531 g/mol. The van der Waals surface area contributed by atoms with Crippen LogP contribution in [0, 0.1) is 0 Å². The number of nitrogens with one attached hydrogen (secondary N) is 1. The molecule has 37 heavy (non-hydrogen) atoms. The minimum absolute atomic E-state index is 0.0141. The molecule has 1 aromatic carbocycles. The van der Waals surface area contributed by atoms with Crippen LogP contribution in [0.5, 0.6) is 0 Å². The SMILES string of the molecule is CC1=C(C(=O)OC(C)C)C(c2ccc(C(F)(F)F)cc2)N2C(CC(=O)NCc3ccncc3)=CSC2=N1. The third-order valence-electron chi connectivity index (χ3n) is 5.70. The number of aliphatic imine (C=N–C) groups is 1. The molecule has 2 aromatic rings. The lowest BCUT2D eigenvalue weighted by Gasteiger charge is -2.36. The lowest BCUT2D eigenvalue weighted by Crippen LogP contribution is -2.38. The van der Waals surface area contributed by atoms with Crippen LogP contribution in [0.1, 0.15) is 49.9 Å². The van der Waals surface area contributed by atoms with Gasteiger partial charge in [-0.2, -0.15) is 13.2 Å². The maximum atomic E-state index is 13.2. The molecule has 1 aromatic heterocycles. The summed E-state index contributed by atoms with van der Waals surface area (Å²) in [5, 5.41) is 5.15. The Balaban J connectivity index is 1.64. The summed E-state index contributed by atoms with van der Waals surface area (Å²) in [5.74, 6) is -0.868. The maximum absolute atomic E-state index is 13.2. The first kappa shape index (κ1) is 26.5. The summed E-state index contributed by atoms with van der Waals surface area (Å²) in [6, 6.07) is 7.43. The van der Waals surface area contributed by atoms with Crippen molar-refractivity contribution >= 4 is 28.8 Å². The summed E-state index contributed by atoms with van der Waals surface area (Å²) in [7, 11) is 0. The minimum Gasteiger partial charge on any atom is -0.459 e. The number of thioether (sulfide) groups is 1. The number of carbonyl (C=O) groups is 2. The number of hydrogen-bond donors (Lipinski definition) is 1. The number of aromatic nitrogens is 1. The van der Waals surface area contributed by atoms with E-state index in [0.717, 1.165) is 17.7 Å². The minimum atomic E-state index is -4.50. The Bertz CT molecular complexity index is 1270. The van der Waals surface area contributed by atoms with Crippen LogP contribution in [0.4, 0.5) is 13.2 Å². The molecule has 1 N–H and O–H groups in total. The Morgan fingerprint density at radius 1 is 1.14 bits per heavy atom. The molecule has 0 aliphatic carbocycles. The van der Waals surface area contributed by atoms with Gasteiger partial charge in [0.05, 0.1) is 35.4 Å². The third-order valence-corrected chi connectivity index (χ3v) is 6.59. The van der Waals surface area contributed by atoms with Gasteiger partial charge in [-0.25, -0.2) is 9.79 Å². The number of hydrogen-bond acceptors (Lipinski definition) is 7. The number of alkyl halides is 3. The van der Waals surface area contributed by atoms with Crippen LogP contribution in [0.3, 0.4) is 0 Å². The third kappa shape index (κ3) is 6.04. The fourth-order valence-corrected chi connectivity index (χ4v) is 4.97. The van der Waals surface area contributed by atoms with Gasteiger partial charge in [0.1, 0.15) is 0 Å². The Labute approximate surface area is 216 Å². The molecule has 3 heterocycles. The Morgan fingerprint density at radius 2 is 1.81 bits per heavy atom. The number of halogens is 3. The number of nitrogens with zero attached hydrogens (tertiary/aromatic N) is 3. The van der Waals surface area contributed by atoms with E-state index < -0.39 is 29.9 Å². The van der Waals surface area contributed by atoms with Crippen LogP contribution < -0.4 is 5.32 Å². The first-order valence-electron chi connectivity index (χ1n) is 11.5. The van der Waals surface area contributed by atoms with Gasteiger partial charge in [0, 0.05) is 24.6 Å². The topological polar surface area (TPSA) is 83.9 Å². The average Bonchev–Trinajstić information content (AvgIpc) is 3.23. The zero-order chi connectivity index (χ0) is 26.7. The molecular weight excluding hydrogens is 505 g/mol. The van der Waals surface area contributed by atoms with Crippen LogP contribution in [-0.2, 0) is 27.0 Å². The van der Waals surface area contributed by atoms with Crippen molar-refractivity contribution in [1.29, 1.82) is 0 Å². The fourth-order valence-electron chi connectivity index (χ4n) is 4.01. The first-order chi connectivity index (χ1) is 17.5. The van der Waals surface area contributed by atoms with Crippen molar-refractivity contribution in [2.24, 2.45) is 4.99 Å². The second kappa shape index (κ2) is 10.8. The number of esters is 1. The van der Waals surface area contributed by atoms with E-state index in [9.17, 15) is 22.8 Å². The molecular formula is C26H25F3N4O3S. The molecule has 1 unspecified atom stereocenters. The fraction of sp³-hybridized carbons (Fsp3) is 0.308. The van der Waals surface area contributed by atoms with E-state index >= 15 is 0 Å². The van der Waals surface area contributed by atoms with E-state index in [0.29, 0.717) is 28.7 Å². The molecule has 0 saturated heterocycles. The van der Waals surface area contributed by atoms with Crippen LogP contribution in [0.25, 0.3) is 0 Å². The highest BCUT2D eigenvalue weighted by Gasteiger charge is 2.41. The van der Waals surface area contributed by atoms with Crippen molar-refractivity contribution in [2.75, 3.05) is 0 Å².